The minimum absolute atomic E-state index is 0.0859. The Hall–Kier alpha value is -1.51. The lowest BCUT2D eigenvalue weighted by molar-refractivity contribution is -0.153. The fourth-order valence-corrected chi connectivity index (χ4v) is 5.45. The number of nitrogens with one attached hydrogen (secondary N) is 1. The van der Waals surface area contributed by atoms with E-state index < -0.39 is 18.7 Å². The van der Waals surface area contributed by atoms with Gasteiger partial charge in [0, 0.05) is 22.1 Å². The van der Waals surface area contributed by atoms with Gasteiger partial charge < -0.3 is 10.1 Å². The number of anilines is 1. The number of benzene rings is 2. The molecule has 1 amide bonds. The third-order valence-electron chi connectivity index (χ3n) is 3.65. The monoisotopic (exact) mass is 433 g/mol. The molecule has 9 heteroatoms. The van der Waals surface area contributed by atoms with Crippen molar-refractivity contribution in [2.45, 2.75) is 10.8 Å². The molecule has 1 fully saturated rings. The van der Waals surface area contributed by atoms with Crippen molar-refractivity contribution in [3.8, 4) is 5.75 Å². The fraction of sp³-hybridized carbons (Fsp3) is 0.278. The molecule has 1 N–H and O–H groups in total. The zero-order valence-corrected chi connectivity index (χ0v) is 16.3. The zero-order valence-electron chi connectivity index (χ0n) is 13.9. The van der Waals surface area contributed by atoms with Crippen molar-refractivity contribution in [3.05, 3.63) is 58.6 Å². The number of carbonyl (C=O) groups is 1. The molecule has 0 atom stereocenters. The Labute approximate surface area is 168 Å². The molecule has 0 aliphatic carbocycles. The summed E-state index contributed by atoms with van der Waals surface area (Å²) in [6, 6.07) is 11.2. The van der Waals surface area contributed by atoms with Crippen molar-refractivity contribution in [3.63, 3.8) is 0 Å². The molecule has 1 heterocycles. The molecular formula is C18H15ClF3NO2S2. The molecule has 0 spiro atoms. The molecule has 0 radical (unpaired) electrons. The first kappa shape index (κ1) is 20.2. The van der Waals surface area contributed by atoms with E-state index in [0.29, 0.717) is 10.1 Å². The number of halogens is 4. The van der Waals surface area contributed by atoms with E-state index in [4.69, 9.17) is 16.3 Å². The maximum atomic E-state index is 12.5. The van der Waals surface area contributed by atoms with Gasteiger partial charge in [0.25, 0.3) is 5.91 Å². The first-order chi connectivity index (χ1) is 12.8. The number of alkyl halides is 3. The first-order valence-electron chi connectivity index (χ1n) is 7.95. The quantitative estimate of drug-likeness (QED) is 0.626. The Balaban J connectivity index is 1.72. The summed E-state index contributed by atoms with van der Waals surface area (Å²) in [5.41, 5.74) is 1.62. The van der Waals surface area contributed by atoms with Gasteiger partial charge in [-0.3, -0.25) is 4.79 Å². The Morgan fingerprint density at radius 3 is 2.44 bits per heavy atom. The third kappa shape index (κ3) is 5.73. The number of amides is 1. The maximum absolute atomic E-state index is 12.5. The van der Waals surface area contributed by atoms with Gasteiger partial charge in [0.05, 0.1) is 10.3 Å². The number of carbonyl (C=O) groups excluding carboxylic acids is 1. The van der Waals surface area contributed by atoms with E-state index in [1.807, 2.05) is 35.7 Å². The van der Waals surface area contributed by atoms with Crippen molar-refractivity contribution in [1.82, 2.24) is 0 Å². The van der Waals surface area contributed by atoms with E-state index in [1.165, 1.54) is 18.2 Å². The van der Waals surface area contributed by atoms with Crippen LogP contribution in [0.1, 0.15) is 20.5 Å². The highest BCUT2D eigenvalue weighted by Crippen LogP contribution is 2.45. The van der Waals surface area contributed by atoms with E-state index in [1.54, 1.807) is 12.1 Å². The first-order valence-corrected chi connectivity index (χ1v) is 10.4. The van der Waals surface area contributed by atoms with Crippen molar-refractivity contribution < 1.29 is 22.7 Å². The van der Waals surface area contributed by atoms with Crippen molar-refractivity contribution in [2.75, 3.05) is 23.4 Å². The summed E-state index contributed by atoms with van der Waals surface area (Å²) in [7, 11) is 0. The van der Waals surface area contributed by atoms with Crippen LogP contribution in [0.5, 0.6) is 5.75 Å². The molecule has 1 aliphatic rings. The number of rotatable bonds is 5. The molecule has 0 aromatic heterocycles. The Bertz CT molecular complexity index is 809. The molecule has 3 rings (SSSR count). The van der Waals surface area contributed by atoms with Crippen LogP contribution in [0.4, 0.5) is 18.9 Å². The lowest BCUT2D eigenvalue weighted by Crippen LogP contribution is -2.20. The maximum Gasteiger partial charge on any atom is 0.422 e. The molecule has 0 bridgehead atoms. The Morgan fingerprint density at radius 2 is 1.81 bits per heavy atom. The normalized spacial score (nSPS) is 15.0. The summed E-state index contributed by atoms with van der Waals surface area (Å²) in [6.45, 7) is -1.46. The summed E-state index contributed by atoms with van der Waals surface area (Å²) in [5, 5.41) is 2.84. The largest absolute Gasteiger partial charge is 0.482 e. The third-order valence-corrected chi connectivity index (χ3v) is 6.99. The number of ether oxygens (including phenoxy) is 1. The van der Waals surface area contributed by atoms with Crippen molar-refractivity contribution in [1.29, 1.82) is 0 Å². The Morgan fingerprint density at radius 1 is 1.15 bits per heavy atom. The lowest BCUT2D eigenvalue weighted by atomic mass is 10.1. The van der Waals surface area contributed by atoms with Gasteiger partial charge in [-0.25, -0.2) is 0 Å². The van der Waals surface area contributed by atoms with Gasteiger partial charge in [0.2, 0.25) is 0 Å². The zero-order chi connectivity index (χ0) is 19.4. The van der Waals surface area contributed by atoms with Crippen LogP contribution < -0.4 is 10.1 Å². The molecule has 1 aliphatic heterocycles. The van der Waals surface area contributed by atoms with Crippen molar-refractivity contribution >= 4 is 46.7 Å². The second-order valence-electron chi connectivity index (χ2n) is 5.69. The number of thioether (sulfide) groups is 2. The fourth-order valence-electron chi connectivity index (χ4n) is 2.42. The van der Waals surface area contributed by atoms with Crippen LogP contribution in [-0.2, 0) is 0 Å². The standard InChI is InChI=1S/C18H15ClF3NO2S2/c19-13-5-6-15(25-10-18(20,21)22)14(9-13)23-16(24)11-1-3-12(4-2-11)17-26-7-8-27-17/h1-6,9,17H,7-8,10H2,(H,23,24). The summed E-state index contributed by atoms with van der Waals surface area (Å²) in [6.07, 6.45) is -4.48. The topological polar surface area (TPSA) is 38.3 Å². The molecule has 0 saturated carbocycles. The van der Waals surface area contributed by atoms with E-state index in [9.17, 15) is 18.0 Å². The summed E-state index contributed by atoms with van der Waals surface area (Å²) in [4.78, 5) is 12.5. The van der Waals surface area contributed by atoms with Crippen LogP contribution in [-0.4, -0.2) is 30.2 Å². The molecule has 27 heavy (non-hydrogen) atoms. The Kier molecular flexibility index (Phi) is 6.49. The van der Waals surface area contributed by atoms with Crippen LogP contribution in [0.25, 0.3) is 0 Å². The van der Waals surface area contributed by atoms with Gasteiger partial charge in [-0.1, -0.05) is 23.7 Å². The van der Waals surface area contributed by atoms with Crippen LogP contribution in [0.2, 0.25) is 5.02 Å². The molecular weight excluding hydrogens is 419 g/mol. The lowest BCUT2D eigenvalue weighted by Gasteiger charge is -2.14. The molecule has 144 valence electrons. The average Bonchev–Trinajstić information content (AvgIpc) is 3.15. The van der Waals surface area contributed by atoms with Gasteiger partial charge >= 0.3 is 6.18 Å². The minimum Gasteiger partial charge on any atom is -0.482 e. The summed E-state index contributed by atoms with van der Waals surface area (Å²) >= 11 is 9.62. The van der Waals surface area contributed by atoms with Crippen LogP contribution in [0.15, 0.2) is 42.5 Å². The number of hydrogen-bond donors (Lipinski definition) is 1. The second-order valence-corrected chi connectivity index (χ2v) is 8.85. The average molecular weight is 434 g/mol. The van der Waals surface area contributed by atoms with Crippen LogP contribution in [0, 0.1) is 0 Å². The molecule has 2 aromatic rings. The second kappa shape index (κ2) is 8.67. The summed E-state index contributed by atoms with van der Waals surface area (Å²) < 4.78 is 42.4. The minimum atomic E-state index is -4.48. The highest BCUT2D eigenvalue weighted by molar-refractivity contribution is 8.19. The molecule has 1 saturated heterocycles. The van der Waals surface area contributed by atoms with Crippen LogP contribution in [0.3, 0.4) is 0 Å². The van der Waals surface area contributed by atoms with Gasteiger partial charge in [-0.15, -0.1) is 23.5 Å². The molecule has 2 aromatic carbocycles. The molecule has 0 unspecified atom stereocenters. The summed E-state index contributed by atoms with van der Waals surface area (Å²) in [5.74, 6) is 1.66. The number of hydrogen-bond acceptors (Lipinski definition) is 4. The van der Waals surface area contributed by atoms with E-state index in [0.717, 1.165) is 17.1 Å². The SMILES string of the molecule is O=C(Nc1cc(Cl)ccc1OCC(F)(F)F)c1ccc(C2SCCS2)cc1. The predicted molar refractivity (Wildman–Crippen MR) is 105 cm³/mol. The molecule has 3 nitrogen and oxygen atoms in total. The van der Waals surface area contributed by atoms with E-state index >= 15 is 0 Å². The smallest absolute Gasteiger partial charge is 0.422 e. The predicted octanol–water partition coefficient (Wildman–Crippen LogP) is 6.01. The van der Waals surface area contributed by atoms with E-state index in [2.05, 4.69) is 5.32 Å². The van der Waals surface area contributed by atoms with Gasteiger partial charge in [-0.05, 0) is 35.9 Å². The van der Waals surface area contributed by atoms with E-state index in [-0.39, 0.29) is 16.5 Å². The van der Waals surface area contributed by atoms with Gasteiger partial charge in [-0.2, -0.15) is 13.2 Å². The highest BCUT2D eigenvalue weighted by Gasteiger charge is 2.29. The van der Waals surface area contributed by atoms with Gasteiger partial charge in [0.15, 0.2) is 6.61 Å². The van der Waals surface area contributed by atoms with Crippen molar-refractivity contribution in [2.24, 2.45) is 0 Å². The highest BCUT2D eigenvalue weighted by atomic mass is 35.5. The van der Waals surface area contributed by atoms with Crippen LogP contribution >= 0.6 is 35.1 Å². The van der Waals surface area contributed by atoms with Gasteiger partial charge in [0.1, 0.15) is 5.75 Å².